The van der Waals surface area contributed by atoms with Crippen molar-refractivity contribution in [2.45, 2.75) is 45.8 Å². The van der Waals surface area contributed by atoms with Gasteiger partial charge in [0.25, 0.3) is 0 Å². The minimum Gasteiger partial charge on any atom is -0.380 e. The van der Waals surface area contributed by atoms with E-state index in [0.717, 1.165) is 25.2 Å². The minimum absolute atomic E-state index is 0.255. The lowest BCUT2D eigenvalue weighted by molar-refractivity contribution is 0.0311. The number of ether oxygens (including phenoxy) is 1. The molecule has 18 heavy (non-hydrogen) atoms. The molecule has 0 aliphatic heterocycles. The van der Waals surface area contributed by atoms with Gasteiger partial charge in [-0.25, -0.2) is 4.98 Å². The summed E-state index contributed by atoms with van der Waals surface area (Å²) in [6.07, 6.45) is 6.13. The van der Waals surface area contributed by atoms with Gasteiger partial charge >= 0.3 is 0 Å². The molecular formula is C14H27N3O. The van der Waals surface area contributed by atoms with Gasteiger partial charge in [0.05, 0.1) is 6.10 Å². The lowest BCUT2D eigenvalue weighted by Gasteiger charge is -2.29. The fourth-order valence-electron chi connectivity index (χ4n) is 2.47. The Morgan fingerprint density at radius 1 is 1.44 bits per heavy atom. The van der Waals surface area contributed by atoms with Gasteiger partial charge in [0.15, 0.2) is 0 Å². The number of imidazole rings is 1. The van der Waals surface area contributed by atoms with Gasteiger partial charge in [-0.3, -0.25) is 0 Å². The summed E-state index contributed by atoms with van der Waals surface area (Å²) in [4.78, 5) is 4.37. The van der Waals surface area contributed by atoms with Crippen molar-refractivity contribution in [3.05, 3.63) is 18.2 Å². The molecule has 0 aliphatic rings. The average Bonchev–Trinajstić information content (AvgIpc) is 2.72. The second-order valence-electron chi connectivity index (χ2n) is 5.10. The van der Waals surface area contributed by atoms with E-state index in [-0.39, 0.29) is 6.10 Å². The highest BCUT2D eigenvalue weighted by atomic mass is 16.5. The molecule has 0 bridgehead atoms. The number of aromatic nitrogens is 2. The molecule has 0 spiro atoms. The van der Waals surface area contributed by atoms with Crippen LogP contribution in [0.3, 0.4) is 0 Å². The second-order valence-corrected chi connectivity index (χ2v) is 5.10. The Hall–Kier alpha value is -0.870. The minimum atomic E-state index is 0.255. The molecule has 1 aromatic heterocycles. The zero-order chi connectivity index (χ0) is 13.5. The zero-order valence-corrected chi connectivity index (χ0v) is 12.3. The van der Waals surface area contributed by atoms with Crippen LogP contribution in [-0.2, 0) is 18.2 Å². The largest absolute Gasteiger partial charge is 0.380 e. The molecule has 0 aliphatic carbocycles. The first-order chi connectivity index (χ1) is 8.60. The first-order valence-corrected chi connectivity index (χ1v) is 6.82. The molecule has 1 N–H and O–H groups in total. The van der Waals surface area contributed by atoms with Crippen molar-refractivity contribution in [3.8, 4) is 0 Å². The Morgan fingerprint density at radius 2 is 2.17 bits per heavy atom. The summed E-state index contributed by atoms with van der Waals surface area (Å²) in [5.74, 6) is 1.65. The lowest BCUT2D eigenvalue weighted by atomic mass is 9.95. The highest BCUT2D eigenvalue weighted by Crippen LogP contribution is 2.15. The van der Waals surface area contributed by atoms with Crippen LogP contribution >= 0.6 is 0 Å². The Morgan fingerprint density at radius 3 is 2.61 bits per heavy atom. The van der Waals surface area contributed by atoms with Crippen LogP contribution in [0.2, 0.25) is 0 Å². The molecule has 1 rings (SSSR count). The number of nitrogens with zero attached hydrogens (tertiary/aromatic N) is 2. The fraction of sp³-hybridized carbons (Fsp3) is 0.786. The molecule has 0 radical (unpaired) electrons. The summed E-state index contributed by atoms with van der Waals surface area (Å²) < 4.78 is 7.72. The van der Waals surface area contributed by atoms with E-state index in [9.17, 15) is 0 Å². The Kier molecular flexibility index (Phi) is 6.36. The predicted octanol–water partition coefficient (Wildman–Crippen LogP) is 2.00. The number of hydrogen-bond acceptors (Lipinski definition) is 3. The summed E-state index contributed by atoms with van der Waals surface area (Å²) in [7, 11) is 3.84. The first kappa shape index (κ1) is 15.2. The summed E-state index contributed by atoms with van der Waals surface area (Å²) >= 11 is 0. The van der Waals surface area contributed by atoms with Crippen LogP contribution in [0.4, 0.5) is 0 Å². The average molecular weight is 253 g/mol. The maximum absolute atomic E-state index is 5.64. The van der Waals surface area contributed by atoms with Crippen LogP contribution < -0.4 is 5.32 Å². The van der Waals surface area contributed by atoms with Crippen LogP contribution in [0.25, 0.3) is 0 Å². The normalized spacial score (nSPS) is 15.0. The molecule has 2 unspecified atom stereocenters. The third-order valence-corrected chi connectivity index (χ3v) is 3.39. The molecule has 104 valence electrons. The van der Waals surface area contributed by atoms with Gasteiger partial charge in [0, 0.05) is 39.0 Å². The van der Waals surface area contributed by atoms with E-state index in [1.54, 1.807) is 7.11 Å². The molecule has 0 fully saturated rings. The number of hydrogen-bond donors (Lipinski definition) is 1. The molecule has 0 saturated carbocycles. The van der Waals surface area contributed by atoms with E-state index in [2.05, 4.69) is 35.6 Å². The van der Waals surface area contributed by atoms with Crippen molar-refractivity contribution in [2.75, 3.05) is 13.7 Å². The quantitative estimate of drug-likeness (QED) is 0.770. The van der Waals surface area contributed by atoms with E-state index in [4.69, 9.17) is 4.74 Å². The number of likely N-dealkylation sites (N-methyl/N-ethyl adjacent to an activating group) is 1. The highest BCUT2D eigenvalue weighted by molar-refractivity contribution is 4.93. The number of aryl methyl sites for hydroxylation is 2. The summed E-state index contributed by atoms with van der Waals surface area (Å²) in [6.45, 7) is 7.52. The van der Waals surface area contributed by atoms with E-state index in [1.165, 1.54) is 0 Å². The predicted molar refractivity (Wildman–Crippen MR) is 74.6 cm³/mol. The summed E-state index contributed by atoms with van der Waals surface area (Å²) in [5.41, 5.74) is 0. The van der Waals surface area contributed by atoms with Gasteiger partial charge in [0.2, 0.25) is 0 Å². The molecule has 0 aromatic carbocycles. The monoisotopic (exact) mass is 253 g/mol. The molecule has 1 heterocycles. The van der Waals surface area contributed by atoms with E-state index in [0.29, 0.717) is 12.0 Å². The Balaban J connectivity index is 2.59. The molecule has 4 heteroatoms. The summed E-state index contributed by atoms with van der Waals surface area (Å²) in [6, 6.07) is 0.386. The smallest absolute Gasteiger partial charge is 0.108 e. The van der Waals surface area contributed by atoms with Crippen LogP contribution in [0.5, 0.6) is 0 Å². The maximum atomic E-state index is 5.64. The van der Waals surface area contributed by atoms with Crippen molar-refractivity contribution >= 4 is 0 Å². The fourth-order valence-corrected chi connectivity index (χ4v) is 2.47. The standard InChI is InChI=1S/C14H27N3O/c1-6-15-12(14(18-5)11(2)3)7-8-13-16-9-10-17(13)4/h9-12,14-15H,6-8H2,1-5H3. The van der Waals surface area contributed by atoms with E-state index in [1.807, 2.05) is 19.4 Å². The van der Waals surface area contributed by atoms with Crippen molar-refractivity contribution in [2.24, 2.45) is 13.0 Å². The van der Waals surface area contributed by atoms with Crippen molar-refractivity contribution in [1.82, 2.24) is 14.9 Å². The van der Waals surface area contributed by atoms with Gasteiger partial charge in [-0.05, 0) is 18.9 Å². The zero-order valence-electron chi connectivity index (χ0n) is 12.3. The molecule has 1 aromatic rings. The van der Waals surface area contributed by atoms with Crippen molar-refractivity contribution in [1.29, 1.82) is 0 Å². The second kappa shape index (κ2) is 7.54. The lowest BCUT2D eigenvalue weighted by Crippen LogP contribution is -2.44. The molecule has 4 nitrogen and oxygen atoms in total. The van der Waals surface area contributed by atoms with Gasteiger partial charge in [-0.15, -0.1) is 0 Å². The highest BCUT2D eigenvalue weighted by Gasteiger charge is 2.23. The number of rotatable bonds is 8. The van der Waals surface area contributed by atoms with E-state index >= 15 is 0 Å². The molecule has 2 atom stereocenters. The SMILES string of the molecule is CCNC(CCc1nccn1C)C(OC)C(C)C. The van der Waals surface area contributed by atoms with Crippen molar-refractivity contribution < 1.29 is 4.74 Å². The van der Waals surface area contributed by atoms with Crippen LogP contribution in [0.15, 0.2) is 12.4 Å². The van der Waals surface area contributed by atoms with Crippen LogP contribution in [0.1, 0.15) is 33.0 Å². The van der Waals surface area contributed by atoms with E-state index < -0.39 is 0 Å². The van der Waals surface area contributed by atoms with Gasteiger partial charge in [-0.1, -0.05) is 20.8 Å². The summed E-state index contributed by atoms with van der Waals surface area (Å²) in [5, 5.41) is 3.53. The third-order valence-electron chi connectivity index (χ3n) is 3.39. The Labute approximate surface area is 111 Å². The van der Waals surface area contributed by atoms with Gasteiger partial charge in [0.1, 0.15) is 5.82 Å². The Bertz CT molecular complexity index is 336. The van der Waals surface area contributed by atoms with Gasteiger partial charge < -0.3 is 14.6 Å². The third kappa shape index (κ3) is 4.10. The molecule has 0 amide bonds. The number of methoxy groups -OCH3 is 1. The molecule has 0 saturated heterocycles. The number of nitrogens with one attached hydrogen (secondary N) is 1. The topological polar surface area (TPSA) is 39.1 Å². The first-order valence-electron chi connectivity index (χ1n) is 6.82. The van der Waals surface area contributed by atoms with Gasteiger partial charge in [-0.2, -0.15) is 0 Å². The van der Waals surface area contributed by atoms with Crippen LogP contribution in [-0.4, -0.2) is 35.4 Å². The van der Waals surface area contributed by atoms with Crippen LogP contribution in [0, 0.1) is 5.92 Å². The molecular weight excluding hydrogens is 226 g/mol. The van der Waals surface area contributed by atoms with Crippen molar-refractivity contribution in [3.63, 3.8) is 0 Å². The maximum Gasteiger partial charge on any atom is 0.108 e.